The van der Waals surface area contributed by atoms with Crippen LogP contribution in [0.2, 0.25) is 5.02 Å². The van der Waals surface area contributed by atoms with Crippen LogP contribution < -0.4 is 4.31 Å². The molecule has 4 aromatic rings. The van der Waals surface area contributed by atoms with E-state index >= 15 is 0 Å². The molecule has 30 heavy (non-hydrogen) atoms. The molecule has 2 aromatic carbocycles. The van der Waals surface area contributed by atoms with Gasteiger partial charge >= 0.3 is 0 Å². The average molecular weight is 440 g/mol. The molecule has 2 aromatic heterocycles. The van der Waals surface area contributed by atoms with Crippen LogP contribution >= 0.6 is 11.6 Å². The smallest absolute Gasteiger partial charge is 0.264 e. The van der Waals surface area contributed by atoms with Gasteiger partial charge in [0.15, 0.2) is 5.82 Å². The number of anilines is 1. The van der Waals surface area contributed by atoms with Crippen LogP contribution in [0.15, 0.2) is 84.0 Å². The van der Waals surface area contributed by atoms with Crippen molar-refractivity contribution in [2.24, 2.45) is 0 Å². The van der Waals surface area contributed by atoms with E-state index in [4.69, 9.17) is 11.6 Å². The molecule has 0 radical (unpaired) electrons. The van der Waals surface area contributed by atoms with Crippen molar-refractivity contribution in [2.75, 3.05) is 10.8 Å². The zero-order valence-electron chi connectivity index (χ0n) is 16.6. The molecule has 0 amide bonds. The van der Waals surface area contributed by atoms with Crippen molar-refractivity contribution in [2.45, 2.75) is 24.7 Å². The fraction of sp³-hybridized carbons (Fsp3) is 0.174. The van der Waals surface area contributed by atoms with Crippen LogP contribution in [0.3, 0.4) is 0 Å². The first kappa shape index (κ1) is 20.4. The summed E-state index contributed by atoms with van der Waals surface area (Å²) in [7, 11) is -3.79. The minimum Gasteiger partial charge on any atom is -0.299 e. The highest BCUT2D eigenvalue weighted by atomic mass is 35.5. The van der Waals surface area contributed by atoms with Gasteiger partial charge < -0.3 is 0 Å². The van der Waals surface area contributed by atoms with Gasteiger partial charge in [-0.05, 0) is 42.1 Å². The first-order valence-electron chi connectivity index (χ1n) is 9.82. The summed E-state index contributed by atoms with van der Waals surface area (Å²) in [4.78, 5) is 4.77. The van der Waals surface area contributed by atoms with Crippen LogP contribution in [0.25, 0.3) is 16.7 Å². The molecule has 0 N–H and O–H groups in total. The number of hydrogen-bond donors (Lipinski definition) is 0. The number of para-hydroxylation sites is 1. The number of rotatable bonds is 7. The van der Waals surface area contributed by atoms with Crippen LogP contribution in [0.1, 0.15) is 19.8 Å². The van der Waals surface area contributed by atoms with Crippen LogP contribution in [0, 0.1) is 0 Å². The highest BCUT2D eigenvalue weighted by Gasteiger charge is 2.28. The van der Waals surface area contributed by atoms with Crippen molar-refractivity contribution in [3.63, 3.8) is 0 Å². The number of aromatic nitrogens is 2. The van der Waals surface area contributed by atoms with Crippen LogP contribution in [-0.4, -0.2) is 24.5 Å². The van der Waals surface area contributed by atoms with Gasteiger partial charge in [-0.15, -0.1) is 0 Å². The first-order valence-corrected chi connectivity index (χ1v) is 11.6. The van der Waals surface area contributed by atoms with Crippen molar-refractivity contribution in [3.05, 3.63) is 84.1 Å². The summed E-state index contributed by atoms with van der Waals surface area (Å²) in [6.45, 7) is 2.37. The molecular formula is C23H22ClN3O2S. The number of unbranched alkanes of at least 4 members (excludes halogenated alkanes) is 1. The number of pyridine rings is 1. The van der Waals surface area contributed by atoms with Gasteiger partial charge in [0.05, 0.1) is 21.1 Å². The summed E-state index contributed by atoms with van der Waals surface area (Å²) >= 11 is 6.28. The molecule has 0 unspecified atom stereocenters. The Labute approximate surface area is 181 Å². The van der Waals surface area contributed by atoms with Crippen LogP contribution in [-0.2, 0) is 10.0 Å². The molecule has 0 fully saturated rings. The SMILES string of the molecule is CCCCN(c1cc(Cl)cnc1-n1ccc2ccccc21)S(=O)(=O)c1ccccc1. The van der Waals surface area contributed by atoms with Crippen molar-refractivity contribution >= 4 is 38.2 Å². The zero-order valence-corrected chi connectivity index (χ0v) is 18.1. The molecule has 154 valence electrons. The van der Waals surface area contributed by atoms with Gasteiger partial charge in [-0.1, -0.05) is 61.3 Å². The van der Waals surface area contributed by atoms with E-state index in [0.29, 0.717) is 29.5 Å². The molecule has 0 saturated heterocycles. The lowest BCUT2D eigenvalue weighted by Crippen LogP contribution is -2.33. The molecule has 2 heterocycles. The summed E-state index contributed by atoms with van der Waals surface area (Å²) < 4.78 is 30.5. The summed E-state index contributed by atoms with van der Waals surface area (Å²) in [5.74, 6) is 0.524. The highest BCUT2D eigenvalue weighted by Crippen LogP contribution is 2.33. The Hall–Kier alpha value is -2.83. The highest BCUT2D eigenvalue weighted by molar-refractivity contribution is 7.92. The van der Waals surface area contributed by atoms with Crippen molar-refractivity contribution in [1.82, 2.24) is 9.55 Å². The second kappa shape index (κ2) is 8.50. The molecule has 0 atom stereocenters. The van der Waals surface area contributed by atoms with Gasteiger partial charge in [0, 0.05) is 18.9 Å². The summed E-state index contributed by atoms with van der Waals surface area (Å²) in [5.41, 5.74) is 1.40. The van der Waals surface area contributed by atoms with Gasteiger partial charge in [-0.25, -0.2) is 13.4 Å². The number of fused-ring (bicyclic) bond motifs is 1. The monoisotopic (exact) mass is 439 g/mol. The topological polar surface area (TPSA) is 55.2 Å². The maximum Gasteiger partial charge on any atom is 0.264 e. The normalized spacial score (nSPS) is 11.7. The number of halogens is 1. The Morgan fingerprint density at radius 2 is 1.77 bits per heavy atom. The number of hydrogen-bond acceptors (Lipinski definition) is 3. The predicted octanol–water partition coefficient (Wildman–Crippen LogP) is 5.67. The number of nitrogens with zero attached hydrogens (tertiary/aromatic N) is 3. The van der Waals surface area contributed by atoms with Crippen molar-refractivity contribution in [3.8, 4) is 5.82 Å². The third kappa shape index (κ3) is 3.80. The second-order valence-corrected chi connectivity index (χ2v) is 9.28. The second-order valence-electron chi connectivity index (χ2n) is 6.98. The molecule has 0 bridgehead atoms. The van der Waals surface area contributed by atoms with E-state index in [2.05, 4.69) is 4.98 Å². The van der Waals surface area contributed by atoms with E-state index in [0.717, 1.165) is 17.3 Å². The quantitative estimate of drug-likeness (QED) is 0.372. The Morgan fingerprint density at radius 3 is 2.53 bits per heavy atom. The van der Waals surface area contributed by atoms with E-state index in [9.17, 15) is 8.42 Å². The third-order valence-electron chi connectivity index (χ3n) is 4.96. The Morgan fingerprint density at radius 1 is 1.03 bits per heavy atom. The lowest BCUT2D eigenvalue weighted by atomic mass is 10.2. The summed E-state index contributed by atoms with van der Waals surface area (Å²) in [6.07, 6.45) is 5.01. The molecule has 0 saturated carbocycles. The molecule has 0 aliphatic rings. The van der Waals surface area contributed by atoms with Crippen molar-refractivity contribution in [1.29, 1.82) is 0 Å². The van der Waals surface area contributed by atoms with Gasteiger partial charge in [0.1, 0.15) is 0 Å². The van der Waals surface area contributed by atoms with Gasteiger partial charge in [-0.3, -0.25) is 8.87 Å². The first-order chi connectivity index (χ1) is 14.5. The van der Waals surface area contributed by atoms with E-state index in [1.54, 1.807) is 42.6 Å². The number of benzene rings is 2. The lowest BCUT2D eigenvalue weighted by Gasteiger charge is -2.26. The molecule has 7 heteroatoms. The van der Waals surface area contributed by atoms with Gasteiger partial charge in [0.25, 0.3) is 10.0 Å². The molecule has 5 nitrogen and oxygen atoms in total. The fourth-order valence-electron chi connectivity index (χ4n) is 3.45. The molecule has 4 rings (SSSR count). The third-order valence-corrected chi connectivity index (χ3v) is 6.99. The van der Waals surface area contributed by atoms with Crippen LogP contribution in [0.5, 0.6) is 0 Å². The van der Waals surface area contributed by atoms with Crippen LogP contribution in [0.4, 0.5) is 5.69 Å². The van der Waals surface area contributed by atoms with Gasteiger partial charge in [-0.2, -0.15) is 0 Å². The Bertz CT molecular complexity index is 1270. The molecule has 0 spiro atoms. The van der Waals surface area contributed by atoms with Crippen molar-refractivity contribution < 1.29 is 8.42 Å². The minimum absolute atomic E-state index is 0.240. The molecular weight excluding hydrogens is 418 g/mol. The zero-order chi connectivity index (χ0) is 21.1. The fourth-order valence-corrected chi connectivity index (χ4v) is 5.12. The van der Waals surface area contributed by atoms with E-state index in [1.807, 2.05) is 48.0 Å². The summed E-state index contributed by atoms with van der Waals surface area (Å²) in [6, 6.07) is 20.0. The largest absolute Gasteiger partial charge is 0.299 e. The lowest BCUT2D eigenvalue weighted by molar-refractivity contribution is 0.588. The average Bonchev–Trinajstić information content (AvgIpc) is 3.19. The maximum atomic E-state index is 13.6. The standard InChI is InChI=1S/C23H22ClN3O2S/c1-2-3-14-27(30(28,29)20-10-5-4-6-11-20)22-16-19(24)17-25-23(22)26-15-13-18-9-7-8-12-21(18)26/h4-13,15-17H,2-3,14H2,1H3. The van der Waals surface area contributed by atoms with E-state index in [-0.39, 0.29) is 4.90 Å². The predicted molar refractivity (Wildman–Crippen MR) is 122 cm³/mol. The summed E-state index contributed by atoms with van der Waals surface area (Å²) in [5, 5.41) is 1.43. The van der Waals surface area contributed by atoms with E-state index in [1.165, 1.54) is 4.31 Å². The Balaban J connectivity index is 1.93. The van der Waals surface area contributed by atoms with Gasteiger partial charge in [0.2, 0.25) is 0 Å². The number of sulfonamides is 1. The molecule has 0 aliphatic heterocycles. The maximum absolute atomic E-state index is 13.6. The Kier molecular flexibility index (Phi) is 5.79. The molecule has 0 aliphatic carbocycles. The minimum atomic E-state index is -3.79. The van der Waals surface area contributed by atoms with E-state index < -0.39 is 10.0 Å².